The van der Waals surface area contributed by atoms with E-state index in [4.69, 9.17) is 4.74 Å². The molecule has 2 amide bonds. The second-order valence-corrected chi connectivity index (χ2v) is 6.42. The van der Waals surface area contributed by atoms with Crippen molar-refractivity contribution in [2.24, 2.45) is 0 Å². The molecule has 6 nitrogen and oxygen atoms in total. The maximum atomic E-state index is 12.1. The van der Waals surface area contributed by atoms with Crippen LogP contribution in [0.5, 0.6) is 0 Å². The minimum Gasteiger partial charge on any atom is -0.378 e. The molecule has 126 valence electrons. The predicted octanol–water partition coefficient (Wildman–Crippen LogP) is 0.616. The van der Waals surface area contributed by atoms with Crippen molar-refractivity contribution < 1.29 is 14.3 Å². The van der Waals surface area contributed by atoms with Crippen LogP contribution in [0.1, 0.15) is 38.5 Å². The van der Waals surface area contributed by atoms with E-state index in [1.807, 2.05) is 11.9 Å². The van der Waals surface area contributed by atoms with Gasteiger partial charge in [0.25, 0.3) is 0 Å². The maximum Gasteiger partial charge on any atom is 0.236 e. The van der Waals surface area contributed by atoms with E-state index in [0.717, 1.165) is 12.8 Å². The zero-order valence-electron chi connectivity index (χ0n) is 13.7. The van der Waals surface area contributed by atoms with Gasteiger partial charge in [0.05, 0.1) is 26.3 Å². The van der Waals surface area contributed by atoms with Crippen molar-refractivity contribution in [1.82, 2.24) is 15.1 Å². The molecule has 0 spiro atoms. The van der Waals surface area contributed by atoms with Gasteiger partial charge in [0, 0.05) is 19.1 Å². The summed E-state index contributed by atoms with van der Waals surface area (Å²) in [5.74, 6) is 0.109. The minimum atomic E-state index is 0.0316. The number of hydrogen-bond donors (Lipinski definition) is 1. The smallest absolute Gasteiger partial charge is 0.236 e. The lowest BCUT2D eigenvalue weighted by atomic mass is 10.1. The maximum absolute atomic E-state index is 12.1. The van der Waals surface area contributed by atoms with Crippen LogP contribution in [-0.2, 0) is 14.3 Å². The van der Waals surface area contributed by atoms with Crippen molar-refractivity contribution in [2.45, 2.75) is 44.6 Å². The van der Waals surface area contributed by atoms with Gasteiger partial charge in [-0.15, -0.1) is 0 Å². The molecule has 2 rings (SSSR count). The van der Waals surface area contributed by atoms with Crippen molar-refractivity contribution >= 4 is 11.8 Å². The first-order chi connectivity index (χ1) is 10.6. The van der Waals surface area contributed by atoms with Gasteiger partial charge in [0.2, 0.25) is 11.8 Å². The topological polar surface area (TPSA) is 61.9 Å². The zero-order valence-corrected chi connectivity index (χ0v) is 13.7. The number of carbonyl (C=O) groups is 2. The number of morpholine rings is 1. The molecule has 6 heteroatoms. The van der Waals surface area contributed by atoms with Gasteiger partial charge in [-0.3, -0.25) is 14.5 Å². The van der Waals surface area contributed by atoms with Gasteiger partial charge in [0.1, 0.15) is 0 Å². The SMILES string of the molecule is CN(CC(=O)NC1CCCCCC1)CC(=O)N1CCOCC1. The monoisotopic (exact) mass is 311 g/mol. The molecular weight excluding hydrogens is 282 g/mol. The third-order valence-corrected chi connectivity index (χ3v) is 4.40. The van der Waals surface area contributed by atoms with Crippen LogP contribution in [0.15, 0.2) is 0 Å². The molecular formula is C16H29N3O3. The Bertz CT molecular complexity index is 362. The molecule has 1 saturated heterocycles. The fraction of sp³-hybridized carbons (Fsp3) is 0.875. The quantitative estimate of drug-likeness (QED) is 0.756. The zero-order chi connectivity index (χ0) is 15.8. The number of hydrogen-bond acceptors (Lipinski definition) is 4. The van der Waals surface area contributed by atoms with E-state index in [2.05, 4.69) is 5.32 Å². The molecule has 1 heterocycles. The van der Waals surface area contributed by atoms with E-state index in [-0.39, 0.29) is 24.9 Å². The average Bonchev–Trinajstić information content (AvgIpc) is 2.76. The molecule has 22 heavy (non-hydrogen) atoms. The first-order valence-corrected chi connectivity index (χ1v) is 8.48. The van der Waals surface area contributed by atoms with E-state index >= 15 is 0 Å². The predicted molar refractivity (Wildman–Crippen MR) is 84.5 cm³/mol. The van der Waals surface area contributed by atoms with Gasteiger partial charge in [-0.05, 0) is 19.9 Å². The summed E-state index contributed by atoms with van der Waals surface area (Å²) in [7, 11) is 1.82. The summed E-state index contributed by atoms with van der Waals surface area (Å²) >= 11 is 0. The highest BCUT2D eigenvalue weighted by Crippen LogP contribution is 2.17. The van der Waals surface area contributed by atoms with Crippen molar-refractivity contribution in [1.29, 1.82) is 0 Å². The molecule has 1 aliphatic carbocycles. The first kappa shape index (κ1) is 17.2. The molecule has 2 aliphatic rings. The summed E-state index contributed by atoms with van der Waals surface area (Å²) in [6.45, 7) is 3.10. The highest BCUT2D eigenvalue weighted by atomic mass is 16.5. The molecule has 0 aromatic heterocycles. The van der Waals surface area contributed by atoms with Crippen LogP contribution in [0.4, 0.5) is 0 Å². The number of ether oxygens (including phenoxy) is 1. The van der Waals surface area contributed by atoms with Gasteiger partial charge in [-0.25, -0.2) is 0 Å². The van der Waals surface area contributed by atoms with E-state index in [1.54, 1.807) is 4.90 Å². The van der Waals surface area contributed by atoms with E-state index in [1.165, 1.54) is 25.7 Å². The summed E-state index contributed by atoms with van der Waals surface area (Å²) in [6, 6.07) is 0.318. The van der Waals surface area contributed by atoms with E-state index in [0.29, 0.717) is 32.3 Å². The number of rotatable bonds is 5. The van der Waals surface area contributed by atoms with Crippen LogP contribution >= 0.6 is 0 Å². The molecule has 0 bridgehead atoms. The van der Waals surface area contributed by atoms with Crippen LogP contribution in [-0.4, -0.2) is 74.1 Å². The summed E-state index contributed by atoms with van der Waals surface area (Å²) in [5.41, 5.74) is 0. The number of amides is 2. The van der Waals surface area contributed by atoms with Gasteiger partial charge in [0.15, 0.2) is 0 Å². The lowest BCUT2D eigenvalue weighted by Crippen LogP contribution is -2.47. The Morgan fingerprint density at radius 3 is 2.36 bits per heavy atom. The Morgan fingerprint density at radius 1 is 1.09 bits per heavy atom. The van der Waals surface area contributed by atoms with Crippen molar-refractivity contribution in [3.8, 4) is 0 Å². The van der Waals surface area contributed by atoms with Gasteiger partial charge in [-0.1, -0.05) is 25.7 Å². The number of carbonyl (C=O) groups excluding carboxylic acids is 2. The van der Waals surface area contributed by atoms with Crippen LogP contribution in [0.25, 0.3) is 0 Å². The highest BCUT2D eigenvalue weighted by Gasteiger charge is 2.20. The molecule has 0 radical (unpaired) electrons. The first-order valence-electron chi connectivity index (χ1n) is 8.48. The van der Waals surface area contributed by atoms with Crippen LogP contribution in [0.3, 0.4) is 0 Å². The molecule has 0 aromatic rings. The standard InChI is InChI=1S/C16H29N3O3/c1-18(13-16(21)19-8-10-22-11-9-19)12-15(20)17-14-6-4-2-3-5-7-14/h14H,2-13H2,1H3,(H,17,20). The molecule has 1 N–H and O–H groups in total. The van der Waals surface area contributed by atoms with Crippen LogP contribution < -0.4 is 5.32 Å². The Kier molecular flexibility index (Phi) is 7.12. The summed E-state index contributed by atoms with van der Waals surface area (Å²) in [6.07, 6.45) is 7.14. The summed E-state index contributed by atoms with van der Waals surface area (Å²) in [5, 5.41) is 3.12. The Hall–Kier alpha value is -1.14. The average molecular weight is 311 g/mol. The number of likely N-dealkylation sites (N-methyl/N-ethyl adjacent to an activating group) is 1. The Morgan fingerprint density at radius 2 is 1.73 bits per heavy atom. The van der Waals surface area contributed by atoms with Crippen molar-refractivity contribution in [2.75, 3.05) is 46.4 Å². The largest absolute Gasteiger partial charge is 0.378 e. The Balaban J connectivity index is 1.67. The van der Waals surface area contributed by atoms with E-state index in [9.17, 15) is 9.59 Å². The fourth-order valence-corrected chi connectivity index (χ4v) is 3.14. The summed E-state index contributed by atoms with van der Waals surface area (Å²) < 4.78 is 5.24. The fourth-order valence-electron chi connectivity index (χ4n) is 3.14. The van der Waals surface area contributed by atoms with Gasteiger partial charge >= 0.3 is 0 Å². The number of nitrogens with zero attached hydrogens (tertiary/aromatic N) is 2. The van der Waals surface area contributed by atoms with Crippen molar-refractivity contribution in [3.63, 3.8) is 0 Å². The second kappa shape index (κ2) is 9.10. The molecule has 2 fully saturated rings. The third-order valence-electron chi connectivity index (χ3n) is 4.40. The number of nitrogens with one attached hydrogen (secondary N) is 1. The summed E-state index contributed by atoms with van der Waals surface area (Å²) in [4.78, 5) is 27.8. The normalized spacial score (nSPS) is 20.7. The van der Waals surface area contributed by atoms with Crippen LogP contribution in [0.2, 0.25) is 0 Å². The molecule has 0 unspecified atom stereocenters. The van der Waals surface area contributed by atoms with Gasteiger partial charge in [-0.2, -0.15) is 0 Å². The molecule has 0 atom stereocenters. The van der Waals surface area contributed by atoms with E-state index < -0.39 is 0 Å². The third kappa shape index (κ3) is 5.93. The Labute approximate surface area is 133 Å². The minimum absolute atomic E-state index is 0.0316. The van der Waals surface area contributed by atoms with Crippen LogP contribution in [0, 0.1) is 0 Å². The molecule has 1 aliphatic heterocycles. The van der Waals surface area contributed by atoms with Gasteiger partial charge < -0.3 is 15.0 Å². The highest BCUT2D eigenvalue weighted by molar-refractivity contribution is 5.81. The molecule has 1 saturated carbocycles. The van der Waals surface area contributed by atoms with Crippen molar-refractivity contribution in [3.05, 3.63) is 0 Å². The lowest BCUT2D eigenvalue weighted by molar-refractivity contribution is -0.136. The second-order valence-electron chi connectivity index (χ2n) is 6.42. The molecule has 0 aromatic carbocycles. The lowest BCUT2D eigenvalue weighted by Gasteiger charge is -2.28.